The smallest absolute Gasteiger partial charge is 0.226 e. The molecule has 5 heteroatoms. The molecule has 0 atom stereocenters. The highest BCUT2D eigenvalue weighted by Gasteiger charge is 2.16. The van der Waals surface area contributed by atoms with Gasteiger partial charge in [-0.05, 0) is 32.0 Å². The van der Waals surface area contributed by atoms with E-state index >= 15 is 0 Å². The van der Waals surface area contributed by atoms with Crippen LogP contribution in [0.2, 0.25) is 0 Å². The van der Waals surface area contributed by atoms with Crippen molar-refractivity contribution in [1.82, 2.24) is 19.2 Å². The Morgan fingerprint density at radius 2 is 1.78 bits per heavy atom. The minimum Gasteiger partial charge on any atom is -0.477 e. The molecule has 0 spiro atoms. The average molecular weight is 364 g/mol. The number of hydrogen-bond donors (Lipinski definition) is 0. The summed E-state index contributed by atoms with van der Waals surface area (Å²) < 4.78 is 8.35. The molecule has 1 fully saturated rings. The van der Waals surface area contributed by atoms with Crippen molar-refractivity contribution in [2.24, 2.45) is 0 Å². The van der Waals surface area contributed by atoms with Crippen molar-refractivity contribution < 1.29 is 4.74 Å². The lowest BCUT2D eigenvalue weighted by Gasteiger charge is -2.32. The molecule has 0 saturated carbocycles. The predicted octanol–water partition coefficient (Wildman–Crippen LogP) is 3.33. The second kappa shape index (κ2) is 8.11. The molecule has 27 heavy (non-hydrogen) atoms. The van der Waals surface area contributed by atoms with Crippen molar-refractivity contribution in [1.29, 1.82) is 0 Å². The van der Waals surface area contributed by atoms with Gasteiger partial charge in [0.2, 0.25) is 5.88 Å². The van der Waals surface area contributed by atoms with Crippen molar-refractivity contribution in [2.75, 3.05) is 46.4 Å². The van der Waals surface area contributed by atoms with E-state index in [1.807, 2.05) is 18.2 Å². The number of piperazine rings is 1. The van der Waals surface area contributed by atoms with E-state index in [1.54, 1.807) is 0 Å². The lowest BCUT2D eigenvalue weighted by molar-refractivity contribution is 0.145. The lowest BCUT2D eigenvalue weighted by atomic mass is 10.2. The van der Waals surface area contributed by atoms with Gasteiger partial charge in [0.1, 0.15) is 11.3 Å². The van der Waals surface area contributed by atoms with Gasteiger partial charge in [0, 0.05) is 44.5 Å². The molecule has 0 N–H and O–H groups in total. The Kier molecular flexibility index (Phi) is 5.41. The summed E-state index contributed by atoms with van der Waals surface area (Å²) >= 11 is 0. The molecule has 0 radical (unpaired) electrons. The van der Waals surface area contributed by atoms with Gasteiger partial charge < -0.3 is 14.5 Å². The Bertz CT molecular complexity index is 882. The first-order valence-electron chi connectivity index (χ1n) is 9.78. The minimum atomic E-state index is 0.702. The van der Waals surface area contributed by atoms with Crippen molar-refractivity contribution in [3.8, 4) is 17.1 Å². The Labute approximate surface area is 161 Å². The van der Waals surface area contributed by atoms with Gasteiger partial charge in [0.05, 0.1) is 6.61 Å². The summed E-state index contributed by atoms with van der Waals surface area (Å²) in [5, 5.41) is 0. The van der Waals surface area contributed by atoms with Crippen molar-refractivity contribution in [2.45, 2.75) is 13.3 Å². The van der Waals surface area contributed by atoms with E-state index in [-0.39, 0.29) is 0 Å². The summed E-state index contributed by atoms with van der Waals surface area (Å²) in [6, 6.07) is 14.4. The summed E-state index contributed by atoms with van der Waals surface area (Å²) in [4.78, 5) is 9.74. The van der Waals surface area contributed by atoms with Gasteiger partial charge in [-0.25, -0.2) is 4.98 Å². The maximum absolute atomic E-state index is 6.28. The zero-order valence-electron chi connectivity index (χ0n) is 16.3. The van der Waals surface area contributed by atoms with Gasteiger partial charge in [-0.15, -0.1) is 0 Å². The van der Waals surface area contributed by atoms with Crippen LogP contribution >= 0.6 is 0 Å². The number of imidazole rings is 1. The number of rotatable bonds is 6. The fraction of sp³-hybridized carbons (Fsp3) is 0.409. The second-order valence-electron chi connectivity index (χ2n) is 7.41. The second-order valence-corrected chi connectivity index (χ2v) is 7.41. The quantitative estimate of drug-likeness (QED) is 0.628. The van der Waals surface area contributed by atoms with Gasteiger partial charge in [-0.3, -0.25) is 4.40 Å². The highest BCUT2D eigenvalue weighted by Crippen LogP contribution is 2.31. The van der Waals surface area contributed by atoms with Crippen molar-refractivity contribution >= 4 is 5.65 Å². The highest BCUT2D eigenvalue weighted by molar-refractivity contribution is 5.69. The molecular weight excluding hydrogens is 336 g/mol. The van der Waals surface area contributed by atoms with Crippen LogP contribution in [-0.2, 0) is 0 Å². The number of fused-ring (bicyclic) bond motifs is 1. The van der Waals surface area contributed by atoms with E-state index in [2.05, 4.69) is 58.6 Å². The number of aryl methyl sites for hydroxylation is 1. The van der Waals surface area contributed by atoms with Gasteiger partial charge in [-0.2, -0.15) is 0 Å². The van der Waals surface area contributed by atoms with Crippen LogP contribution in [0.15, 0.2) is 48.7 Å². The highest BCUT2D eigenvalue weighted by atomic mass is 16.5. The number of likely N-dealkylation sites (N-methyl/N-ethyl adjacent to an activating group) is 1. The Hall–Kier alpha value is -2.37. The molecule has 0 amide bonds. The number of nitrogens with zero attached hydrogens (tertiary/aromatic N) is 4. The summed E-state index contributed by atoms with van der Waals surface area (Å²) in [5.74, 6) is 0.846. The molecule has 0 aliphatic carbocycles. The van der Waals surface area contributed by atoms with Gasteiger partial charge in [-0.1, -0.05) is 36.4 Å². The zero-order chi connectivity index (χ0) is 18.6. The first-order valence-corrected chi connectivity index (χ1v) is 9.78. The first kappa shape index (κ1) is 18.0. The van der Waals surface area contributed by atoms with Crippen LogP contribution in [0.1, 0.15) is 12.0 Å². The molecule has 142 valence electrons. The van der Waals surface area contributed by atoms with Gasteiger partial charge in [0.15, 0.2) is 0 Å². The average Bonchev–Trinajstić information content (AvgIpc) is 3.05. The van der Waals surface area contributed by atoms with Gasteiger partial charge >= 0.3 is 0 Å². The number of benzene rings is 1. The molecule has 3 aromatic rings. The normalized spacial score (nSPS) is 16.1. The summed E-state index contributed by atoms with van der Waals surface area (Å²) in [5.41, 5.74) is 4.13. The zero-order valence-corrected chi connectivity index (χ0v) is 16.3. The fourth-order valence-electron chi connectivity index (χ4n) is 3.58. The van der Waals surface area contributed by atoms with E-state index in [0.717, 1.165) is 61.9 Å². The number of aromatic nitrogens is 2. The van der Waals surface area contributed by atoms with Crippen LogP contribution in [0.25, 0.3) is 16.9 Å². The molecule has 2 aromatic heterocycles. The molecule has 1 aliphatic heterocycles. The third kappa shape index (κ3) is 4.15. The third-order valence-corrected chi connectivity index (χ3v) is 5.22. The number of hydrogen-bond acceptors (Lipinski definition) is 4. The molecule has 1 aromatic carbocycles. The fourth-order valence-corrected chi connectivity index (χ4v) is 3.58. The van der Waals surface area contributed by atoms with Crippen LogP contribution in [0.3, 0.4) is 0 Å². The molecule has 0 bridgehead atoms. The van der Waals surface area contributed by atoms with Gasteiger partial charge in [0.25, 0.3) is 0 Å². The summed E-state index contributed by atoms with van der Waals surface area (Å²) in [6.45, 7) is 8.51. The molecule has 0 unspecified atom stereocenters. The predicted molar refractivity (Wildman–Crippen MR) is 109 cm³/mol. The maximum Gasteiger partial charge on any atom is 0.226 e. The standard InChI is InChI=1S/C22H28N4O/c1-18-9-10-20-23-21(19-7-4-3-5-8-19)22(26(20)17-18)27-16-6-11-25-14-12-24(2)13-15-25/h3-5,7-10,17H,6,11-16H2,1-2H3. The molecule has 3 heterocycles. The van der Waals surface area contributed by atoms with Crippen LogP contribution in [-0.4, -0.2) is 65.6 Å². The van der Waals surface area contributed by atoms with Crippen LogP contribution in [0.4, 0.5) is 0 Å². The van der Waals surface area contributed by atoms with Crippen molar-refractivity contribution in [3.05, 3.63) is 54.2 Å². The number of pyridine rings is 1. The molecular formula is C22H28N4O. The molecule has 1 saturated heterocycles. The molecule has 4 rings (SSSR count). The largest absolute Gasteiger partial charge is 0.477 e. The third-order valence-electron chi connectivity index (χ3n) is 5.22. The number of ether oxygens (including phenoxy) is 1. The maximum atomic E-state index is 6.28. The van der Waals surface area contributed by atoms with E-state index in [1.165, 1.54) is 5.56 Å². The SMILES string of the molecule is Cc1ccc2nc(-c3ccccc3)c(OCCCN3CCN(C)CC3)n2c1. The summed E-state index contributed by atoms with van der Waals surface area (Å²) in [7, 11) is 2.19. The molecule has 5 nitrogen and oxygen atoms in total. The first-order chi connectivity index (χ1) is 13.2. The van der Waals surface area contributed by atoms with Crippen LogP contribution < -0.4 is 4.74 Å². The van der Waals surface area contributed by atoms with Crippen molar-refractivity contribution in [3.63, 3.8) is 0 Å². The Morgan fingerprint density at radius 1 is 1.00 bits per heavy atom. The minimum absolute atomic E-state index is 0.702. The van der Waals surface area contributed by atoms with E-state index in [0.29, 0.717) is 6.61 Å². The van der Waals surface area contributed by atoms with Crippen LogP contribution in [0, 0.1) is 6.92 Å². The molecule has 1 aliphatic rings. The Morgan fingerprint density at radius 3 is 2.56 bits per heavy atom. The lowest BCUT2D eigenvalue weighted by Crippen LogP contribution is -2.44. The van der Waals surface area contributed by atoms with E-state index in [4.69, 9.17) is 9.72 Å². The van der Waals surface area contributed by atoms with E-state index in [9.17, 15) is 0 Å². The Balaban J connectivity index is 1.49. The van der Waals surface area contributed by atoms with E-state index < -0.39 is 0 Å². The topological polar surface area (TPSA) is 33.0 Å². The monoisotopic (exact) mass is 364 g/mol. The summed E-state index contributed by atoms with van der Waals surface area (Å²) in [6.07, 6.45) is 3.13. The van der Waals surface area contributed by atoms with Crippen LogP contribution in [0.5, 0.6) is 5.88 Å².